The third-order valence-electron chi connectivity index (χ3n) is 5.87. The molecule has 1 aliphatic heterocycles. The van der Waals surface area contributed by atoms with Crippen LogP contribution in [0.5, 0.6) is 5.75 Å². The molecule has 0 N–H and O–H groups in total. The smallest absolute Gasteiger partial charge is 0.331 e. The Hall–Kier alpha value is -3.65. The van der Waals surface area contributed by atoms with Gasteiger partial charge >= 0.3 is 5.69 Å². The first-order valence-electron chi connectivity index (χ1n) is 10.8. The second-order valence-electron chi connectivity index (χ2n) is 8.04. The van der Waals surface area contributed by atoms with Crippen LogP contribution in [0.15, 0.2) is 69.6 Å². The maximum atomic E-state index is 13.4. The van der Waals surface area contributed by atoms with Crippen LogP contribution in [-0.4, -0.2) is 28.2 Å². The van der Waals surface area contributed by atoms with Crippen molar-refractivity contribution in [2.45, 2.75) is 26.4 Å². The third kappa shape index (κ3) is 3.98. The van der Waals surface area contributed by atoms with Gasteiger partial charge in [-0.05, 0) is 54.6 Å². The number of hydrogen-bond acceptors (Lipinski definition) is 5. The van der Waals surface area contributed by atoms with Gasteiger partial charge in [-0.1, -0.05) is 24.3 Å². The summed E-state index contributed by atoms with van der Waals surface area (Å²) in [6, 6.07) is 16.6. The minimum absolute atomic E-state index is 0.161. The zero-order valence-corrected chi connectivity index (χ0v) is 19.0. The molecule has 1 aliphatic rings. The molecular weight excluding hydrogens is 438 g/mol. The number of amides is 1. The van der Waals surface area contributed by atoms with Gasteiger partial charge < -0.3 is 9.64 Å². The molecule has 0 spiro atoms. The third-order valence-corrected chi connectivity index (χ3v) is 6.80. The van der Waals surface area contributed by atoms with Crippen LogP contribution in [0.25, 0.3) is 10.9 Å². The van der Waals surface area contributed by atoms with E-state index in [4.69, 9.17) is 4.74 Å². The standard InChI is InChI=1S/C25H23N3O4S/c1-17-8-9-22-21(15-17)26(12-13-32-22)23(29)16-28-20-7-3-2-6-19(20)24(30)27(25(28)31)11-10-18-5-4-14-33-18/h2-9,14-15H,10-13,16H2,1H3. The summed E-state index contributed by atoms with van der Waals surface area (Å²) in [6.07, 6.45) is 0.579. The zero-order chi connectivity index (χ0) is 22.9. The van der Waals surface area contributed by atoms with Crippen LogP contribution in [0.3, 0.4) is 0 Å². The normalized spacial score (nSPS) is 13.1. The lowest BCUT2D eigenvalue weighted by molar-refractivity contribution is -0.119. The van der Waals surface area contributed by atoms with E-state index in [-0.39, 0.29) is 24.6 Å². The lowest BCUT2D eigenvalue weighted by Gasteiger charge is -2.30. The average Bonchev–Trinajstić information content (AvgIpc) is 3.35. The summed E-state index contributed by atoms with van der Waals surface area (Å²) in [4.78, 5) is 42.7. The minimum atomic E-state index is -0.471. The maximum absolute atomic E-state index is 13.4. The number of thiophene rings is 1. The summed E-state index contributed by atoms with van der Waals surface area (Å²) in [6.45, 7) is 2.85. The summed E-state index contributed by atoms with van der Waals surface area (Å²) in [5.74, 6) is 0.430. The van der Waals surface area contributed by atoms with Crippen molar-refractivity contribution >= 4 is 33.8 Å². The topological polar surface area (TPSA) is 73.5 Å². The summed E-state index contributed by atoms with van der Waals surface area (Å²) in [7, 11) is 0. The highest BCUT2D eigenvalue weighted by Gasteiger charge is 2.25. The van der Waals surface area contributed by atoms with E-state index >= 15 is 0 Å². The Bertz CT molecular complexity index is 1450. The predicted octanol–water partition coefficient (Wildman–Crippen LogP) is 3.20. The van der Waals surface area contributed by atoms with E-state index in [1.807, 2.05) is 42.6 Å². The maximum Gasteiger partial charge on any atom is 0.331 e. The molecular formula is C25H23N3O4S. The highest BCUT2D eigenvalue weighted by atomic mass is 32.1. The SMILES string of the molecule is Cc1ccc2c(c1)N(C(=O)Cn1c(=O)n(CCc3cccs3)c(=O)c3ccccc31)CCO2. The highest BCUT2D eigenvalue weighted by molar-refractivity contribution is 7.09. The Labute approximate surface area is 194 Å². The number of aryl methyl sites for hydroxylation is 2. The van der Waals surface area contributed by atoms with Crippen molar-refractivity contribution in [1.29, 1.82) is 0 Å². The van der Waals surface area contributed by atoms with Gasteiger partial charge in [-0.3, -0.25) is 18.7 Å². The molecule has 3 heterocycles. The first-order chi connectivity index (χ1) is 16.0. The molecule has 33 heavy (non-hydrogen) atoms. The zero-order valence-electron chi connectivity index (χ0n) is 18.2. The fourth-order valence-corrected chi connectivity index (χ4v) is 4.90. The molecule has 0 radical (unpaired) electrons. The number of ether oxygens (including phenoxy) is 1. The number of nitrogens with zero attached hydrogens (tertiary/aromatic N) is 3. The first-order valence-corrected chi connectivity index (χ1v) is 11.7. The van der Waals surface area contributed by atoms with Gasteiger partial charge in [0.25, 0.3) is 5.56 Å². The average molecular weight is 462 g/mol. The van der Waals surface area contributed by atoms with Crippen molar-refractivity contribution in [2.24, 2.45) is 0 Å². The quantitative estimate of drug-likeness (QED) is 0.458. The molecule has 2 aromatic heterocycles. The number of hydrogen-bond donors (Lipinski definition) is 0. The van der Waals surface area contributed by atoms with Gasteiger partial charge in [-0.2, -0.15) is 0 Å². The van der Waals surface area contributed by atoms with Gasteiger partial charge in [-0.25, -0.2) is 4.79 Å². The van der Waals surface area contributed by atoms with E-state index in [2.05, 4.69) is 0 Å². The molecule has 5 rings (SSSR count). The fraction of sp³-hybridized carbons (Fsp3) is 0.240. The van der Waals surface area contributed by atoms with Gasteiger partial charge in [0.15, 0.2) is 0 Å². The molecule has 1 amide bonds. The molecule has 0 saturated heterocycles. The van der Waals surface area contributed by atoms with Crippen LogP contribution in [0, 0.1) is 6.92 Å². The Balaban J connectivity index is 1.54. The molecule has 0 fully saturated rings. The van der Waals surface area contributed by atoms with Crippen LogP contribution < -0.4 is 20.9 Å². The second kappa shape index (κ2) is 8.71. The monoisotopic (exact) mass is 461 g/mol. The van der Waals surface area contributed by atoms with Gasteiger partial charge in [0.1, 0.15) is 18.9 Å². The lowest BCUT2D eigenvalue weighted by Crippen LogP contribution is -2.45. The number of carbonyl (C=O) groups excluding carboxylic acids is 1. The number of carbonyl (C=O) groups is 1. The molecule has 0 unspecified atom stereocenters. The van der Waals surface area contributed by atoms with Gasteiger partial charge in [0, 0.05) is 11.4 Å². The number of anilines is 1. The van der Waals surface area contributed by atoms with E-state index in [1.165, 1.54) is 9.13 Å². The number of aromatic nitrogens is 2. The van der Waals surface area contributed by atoms with E-state index in [0.717, 1.165) is 10.4 Å². The number of para-hydroxylation sites is 1. The van der Waals surface area contributed by atoms with E-state index in [0.29, 0.717) is 41.9 Å². The largest absolute Gasteiger partial charge is 0.490 e. The Kier molecular flexibility index (Phi) is 5.60. The summed E-state index contributed by atoms with van der Waals surface area (Å²) in [5, 5.41) is 2.39. The van der Waals surface area contributed by atoms with Crippen LogP contribution in [0.2, 0.25) is 0 Å². The molecule has 0 aliphatic carbocycles. The van der Waals surface area contributed by atoms with Gasteiger partial charge in [-0.15, -0.1) is 11.3 Å². The molecule has 0 atom stereocenters. The molecule has 0 saturated carbocycles. The van der Waals surface area contributed by atoms with Crippen molar-refractivity contribution in [3.05, 3.63) is 91.3 Å². The summed E-state index contributed by atoms with van der Waals surface area (Å²) < 4.78 is 8.36. The molecule has 8 heteroatoms. The van der Waals surface area contributed by atoms with Crippen molar-refractivity contribution in [1.82, 2.24) is 9.13 Å². The van der Waals surface area contributed by atoms with Crippen LogP contribution in [-0.2, 0) is 24.3 Å². The highest BCUT2D eigenvalue weighted by Crippen LogP contribution is 2.32. The van der Waals surface area contributed by atoms with Crippen molar-refractivity contribution in [3.8, 4) is 5.75 Å². The summed E-state index contributed by atoms with van der Waals surface area (Å²) >= 11 is 1.59. The van der Waals surface area contributed by atoms with E-state index in [1.54, 1.807) is 40.5 Å². The molecule has 0 bridgehead atoms. The second-order valence-corrected chi connectivity index (χ2v) is 9.07. The molecule has 7 nitrogen and oxygen atoms in total. The molecule has 4 aromatic rings. The lowest BCUT2D eigenvalue weighted by atomic mass is 10.1. The van der Waals surface area contributed by atoms with Crippen LogP contribution in [0.1, 0.15) is 10.4 Å². The predicted molar refractivity (Wildman–Crippen MR) is 130 cm³/mol. The van der Waals surface area contributed by atoms with Gasteiger partial charge in [0.05, 0.1) is 23.1 Å². The van der Waals surface area contributed by atoms with Gasteiger partial charge in [0.2, 0.25) is 5.91 Å². The first kappa shape index (κ1) is 21.2. The number of fused-ring (bicyclic) bond motifs is 2. The van der Waals surface area contributed by atoms with Crippen molar-refractivity contribution < 1.29 is 9.53 Å². The van der Waals surface area contributed by atoms with Crippen molar-refractivity contribution in [2.75, 3.05) is 18.1 Å². The minimum Gasteiger partial charge on any atom is -0.490 e. The molecule has 168 valence electrons. The Morgan fingerprint density at radius 3 is 2.73 bits per heavy atom. The Morgan fingerprint density at radius 2 is 1.91 bits per heavy atom. The van der Waals surface area contributed by atoms with Crippen LogP contribution in [0.4, 0.5) is 5.69 Å². The summed E-state index contributed by atoms with van der Waals surface area (Å²) in [5.41, 5.74) is 1.38. The number of benzene rings is 2. The number of rotatable bonds is 5. The van der Waals surface area contributed by atoms with E-state index in [9.17, 15) is 14.4 Å². The Morgan fingerprint density at radius 1 is 1.06 bits per heavy atom. The molecule has 2 aromatic carbocycles. The van der Waals surface area contributed by atoms with Crippen molar-refractivity contribution in [3.63, 3.8) is 0 Å². The van der Waals surface area contributed by atoms with Crippen LogP contribution >= 0.6 is 11.3 Å². The van der Waals surface area contributed by atoms with E-state index < -0.39 is 5.69 Å². The fourth-order valence-electron chi connectivity index (χ4n) is 4.21.